The predicted octanol–water partition coefficient (Wildman–Crippen LogP) is 4.33. The standard InChI is InChI=1S/C12H6Cl2IN3/c13-7-2-1-3-8(4-7)18-5-9(15)10-11(14)16-6-17-12(10)18/h1-6H. The van der Waals surface area contributed by atoms with E-state index < -0.39 is 0 Å². The number of rotatable bonds is 1. The van der Waals surface area contributed by atoms with Crippen LogP contribution in [0.25, 0.3) is 16.7 Å². The number of hydrogen-bond donors (Lipinski definition) is 0. The first-order valence-corrected chi connectivity index (χ1v) is 6.93. The minimum atomic E-state index is 0.463. The molecule has 3 rings (SSSR count). The summed E-state index contributed by atoms with van der Waals surface area (Å²) in [6.45, 7) is 0. The lowest BCUT2D eigenvalue weighted by atomic mass is 10.3. The summed E-state index contributed by atoms with van der Waals surface area (Å²) < 4.78 is 2.96. The molecular formula is C12H6Cl2IN3. The minimum absolute atomic E-state index is 0.463. The van der Waals surface area contributed by atoms with E-state index in [-0.39, 0.29) is 0 Å². The lowest BCUT2D eigenvalue weighted by Crippen LogP contribution is -1.94. The second-order valence-electron chi connectivity index (χ2n) is 3.69. The molecule has 0 aliphatic rings. The molecule has 0 aliphatic carbocycles. The highest BCUT2D eigenvalue weighted by molar-refractivity contribution is 14.1. The fourth-order valence-electron chi connectivity index (χ4n) is 1.81. The van der Waals surface area contributed by atoms with E-state index in [2.05, 4.69) is 32.6 Å². The Morgan fingerprint density at radius 2 is 2.00 bits per heavy atom. The third kappa shape index (κ3) is 1.98. The molecule has 0 radical (unpaired) electrons. The van der Waals surface area contributed by atoms with Crippen molar-refractivity contribution in [3.63, 3.8) is 0 Å². The van der Waals surface area contributed by atoms with E-state index in [0.29, 0.717) is 10.2 Å². The molecule has 1 aromatic carbocycles. The van der Waals surface area contributed by atoms with Crippen molar-refractivity contribution in [2.45, 2.75) is 0 Å². The van der Waals surface area contributed by atoms with Crippen LogP contribution in [0.4, 0.5) is 0 Å². The maximum absolute atomic E-state index is 6.10. The molecule has 0 amide bonds. The number of benzene rings is 1. The molecule has 0 aliphatic heterocycles. The highest BCUT2D eigenvalue weighted by atomic mass is 127. The zero-order valence-electron chi connectivity index (χ0n) is 8.94. The Labute approximate surface area is 127 Å². The predicted molar refractivity (Wildman–Crippen MR) is 81.6 cm³/mol. The molecule has 6 heteroatoms. The zero-order valence-corrected chi connectivity index (χ0v) is 12.6. The first-order chi connectivity index (χ1) is 8.66. The molecule has 3 nitrogen and oxygen atoms in total. The van der Waals surface area contributed by atoms with Gasteiger partial charge >= 0.3 is 0 Å². The monoisotopic (exact) mass is 389 g/mol. The lowest BCUT2D eigenvalue weighted by Gasteiger charge is -2.04. The van der Waals surface area contributed by atoms with Crippen molar-refractivity contribution in [2.24, 2.45) is 0 Å². The summed E-state index contributed by atoms with van der Waals surface area (Å²) in [6.07, 6.45) is 3.43. The summed E-state index contributed by atoms with van der Waals surface area (Å²) in [5.74, 6) is 0. The molecule has 0 N–H and O–H groups in total. The molecule has 2 aromatic heterocycles. The fourth-order valence-corrected chi connectivity index (χ4v) is 3.15. The van der Waals surface area contributed by atoms with E-state index in [4.69, 9.17) is 23.2 Å². The van der Waals surface area contributed by atoms with Gasteiger partial charge in [0.1, 0.15) is 11.5 Å². The van der Waals surface area contributed by atoms with Gasteiger partial charge in [0.2, 0.25) is 0 Å². The average Bonchev–Trinajstić information content (AvgIpc) is 2.68. The zero-order chi connectivity index (χ0) is 12.7. The van der Waals surface area contributed by atoms with Crippen molar-refractivity contribution in [1.29, 1.82) is 0 Å². The van der Waals surface area contributed by atoms with E-state index in [1.807, 2.05) is 35.0 Å². The third-order valence-electron chi connectivity index (χ3n) is 2.58. The Kier molecular flexibility index (Phi) is 3.17. The van der Waals surface area contributed by atoms with Crippen molar-refractivity contribution in [3.05, 3.63) is 50.5 Å². The molecule has 0 fully saturated rings. The first-order valence-electron chi connectivity index (χ1n) is 5.10. The number of hydrogen-bond acceptors (Lipinski definition) is 2. The maximum Gasteiger partial charge on any atom is 0.150 e. The van der Waals surface area contributed by atoms with Crippen LogP contribution in [0.15, 0.2) is 36.8 Å². The Morgan fingerprint density at radius 3 is 2.78 bits per heavy atom. The Balaban J connectivity index is 2.34. The molecule has 0 atom stereocenters. The van der Waals surface area contributed by atoms with E-state index in [1.54, 1.807) is 0 Å². The van der Waals surface area contributed by atoms with Crippen LogP contribution in [-0.4, -0.2) is 14.5 Å². The van der Waals surface area contributed by atoms with Gasteiger partial charge in [0.05, 0.1) is 5.39 Å². The van der Waals surface area contributed by atoms with Gasteiger partial charge in [-0.1, -0.05) is 29.3 Å². The van der Waals surface area contributed by atoms with Crippen LogP contribution in [0.2, 0.25) is 10.2 Å². The van der Waals surface area contributed by atoms with Gasteiger partial charge in [0.15, 0.2) is 5.65 Å². The largest absolute Gasteiger partial charge is 0.300 e. The minimum Gasteiger partial charge on any atom is -0.300 e. The van der Waals surface area contributed by atoms with Crippen LogP contribution in [-0.2, 0) is 0 Å². The van der Waals surface area contributed by atoms with E-state index >= 15 is 0 Å². The van der Waals surface area contributed by atoms with Gasteiger partial charge in [-0.25, -0.2) is 9.97 Å². The molecule has 2 heterocycles. The van der Waals surface area contributed by atoms with Crippen LogP contribution < -0.4 is 0 Å². The molecule has 0 unspecified atom stereocenters. The lowest BCUT2D eigenvalue weighted by molar-refractivity contribution is 1.07. The number of fused-ring (bicyclic) bond motifs is 1. The van der Waals surface area contributed by atoms with Gasteiger partial charge in [0.25, 0.3) is 0 Å². The molecule has 0 saturated heterocycles. The molecular weight excluding hydrogens is 384 g/mol. The van der Waals surface area contributed by atoms with Crippen molar-refractivity contribution in [1.82, 2.24) is 14.5 Å². The molecule has 90 valence electrons. The molecule has 0 saturated carbocycles. The summed E-state index contributed by atoms with van der Waals surface area (Å²) in [5, 5.41) is 2.01. The summed E-state index contributed by atoms with van der Waals surface area (Å²) in [4.78, 5) is 8.29. The van der Waals surface area contributed by atoms with Crippen molar-refractivity contribution in [2.75, 3.05) is 0 Å². The maximum atomic E-state index is 6.10. The smallest absolute Gasteiger partial charge is 0.150 e. The van der Waals surface area contributed by atoms with E-state index in [1.165, 1.54) is 6.33 Å². The Hall–Kier alpha value is -0.850. The fraction of sp³-hybridized carbons (Fsp3) is 0. The third-order valence-corrected chi connectivity index (χ3v) is 3.92. The van der Waals surface area contributed by atoms with Crippen LogP contribution in [0.3, 0.4) is 0 Å². The molecule has 18 heavy (non-hydrogen) atoms. The average molecular weight is 390 g/mol. The summed E-state index contributed by atoms with van der Waals surface area (Å²) in [6, 6.07) is 7.59. The van der Waals surface area contributed by atoms with Gasteiger partial charge in [-0.15, -0.1) is 0 Å². The van der Waals surface area contributed by atoms with Crippen LogP contribution in [0.5, 0.6) is 0 Å². The molecule has 3 aromatic rings. The van der Waals surface area contributed by atoms with Crippen molar-refractivity contribution >= 4 is 56.8 Å². The first kappa shape index (κ1) is 12.2. The normalized spacial score (nSPS) is 11.1. The number of nitrogens with zero attached hydrogens (tertiary/aromatic N) is 3. The molecule has 0 bridgehead atoms. The number of halogens is 3. The SMILES string of the molecule is Clc1cccc(-n2cc(I)c3c(Cl)ncnc32)c1. The van der Waals surface area contributed by atoms with Gasteiger partial charge < -0.3 is 4.57 Å². The molecule has 0 spiro atoms. The topological polar surface area (TPSA) is 30.7 Å². The van der Waals surface area contributed by atoms with Gasteiger partial charge in [0, 0.05) is 20.5 Å². The van der Waals surface area contributed by atoms with Crippen LogP contribution in [0, 0.1) is 3.57 Å². The quantitative estimate of drug-likeness (QED) is 0.458. The van der Waals surface area contributed by atoms with E-state index in [0.717, 1.165) is 20.3 Å². The number of aromatic nitrogens is 3. The summed E-state index contributed by atoms with van der Waals surface area (Å²) >= 11 is 14.3. The van der Waals surface area contributed by atoms with Crippen LogP contribution in [0.1, 0.15) is 0 Å². The van der Waals surface area contributed by atoms with Gasteiger partial charge in [-0.05, 0) is 40.8 Å². The second-order valence-corrected chi connectivity index (χ2v) is 5.65. The highest BCUT2D eigenvalue weighted by Gasteiger charge is 2.13. The van der Waals surface area contributed by atoms with Gasteiger partial charge in [-0.2, -0.15) is 0 Å². The second kappa shape index (κ2) is 4.68. The summed E-state index contributed by atoms with van der Waals surface area (Å²) in [7, 11) is 0. The van der Waals surface area contributed by atoms with E-state index in [9.17, 15) is 0 Å². The van der Waals surface area contributed by atoms with Crippen LogP contribution >= 0.6 is 45.8 Å². The Bertz CT molecular complexity index is 739. The highest BCUT2D eigenvalue weighted by Crippen LogP contribution is 2.29. The van der Waals surface area contributed by atoms with Crippen molar-refractivity contribution in [3.8, 4) is 5.69 Å². The van der Waals surface area contributed by atoms with Gasteiger partial charge in [-0.3, -0.25) is 0 Å². The summed E-state index contributed by atoms with van der Waals surface area (Å²) in [5.41, 5.74) is 1.73. The van der Waals surface area contributed by atoms with Crippen molar-refractivity contribution < 1.29 is 0 Å². The Morgan fingerprint density at radius 1 is 1.17 bits per heavy atom.